The topological polar surface area (TPSA) is 65.6 Å². The molecule has 1 N–H and O–H groups in total. The van der Waals surface area contributed by atoms with Crippen LogP contribution in [0.25, 0.3) is 34.0 Å². The Morgan fingerprint density at radius 1 is 1.19 bits per heavy atom. The molecule has 0 spiro atoms. The van der Waals surface area contributed by atoms with Crippen LogP contribution in [0.3, 0.4) is 0 Å². The van der Waals surface area contributed by atoms with Gasteiger partial charge in [-0.2, -0.15) is 5.26 Å². The first-order valence-electron chi connectivity index (χ1n) is 7.76. The van der Waals surface area contributed by atoms with E-state index in [1.807, 2.05) is 24.3 Å². The number of nitrogens with one attached hydrogen (secondary N) is 1. The van der Waals surface area contributed by atoms with Crippen LogP contribution in [0.1, 0.15) is 11.6 Å². The van der Waals surface area contributed by atoms with Crippen molar-refractivity contribution >= 4 is 34.3 Å². The van der Waals surface area contributed by atoms with Gasteiger partial charge in [0.1, 0.15) is 29.2 Å². The molecule has 2 heterocycles. The maximum atomic E-state index is 13.3. The number of benzene rings is 2. The van der Waals surface area contributed by atoms with Gasteiger partial charge in [0.25, 0.3) is 0 Å². The third-order valence-corrected chi connectivity index (χ3v) is 4.17. The van der Waals surface area contributed by atoms with E-state index in [2.05, 4.69) is 16.0 Å². The van der Waals surface area contributed by atoms with Crippen LogP contribution in [-0.4, -0.2) is 9.97 Å². The van der Waals surface area contributed by atoms with Crippen molar-refractivity contribution < 1.29 is 8.81 Å². The minimum absolute atomic E-state index is 0.0241. The summed E-state index contributed by atoms with van der Waals surface area (Å²) in [6.45, 7) is 0. The lowest BCUT2D eigenvalue weighted by Crippen LogP contribution is -1.84. The number of fused-ring (bicyclic) bond motifs is 1. The number of hydrogen-bond donors (Lipinski definition) is 1. The average molecular weight is 364 g/mol. The van der Waals surface area contributed by atoms with E-state index in [1.165, 1.54) is 12.1 Å². The number of para-hydroxylation sites is 2. The van der Waals surface area contributed by atoms with Crippen LogP contribution in [-0.2, 0) is 0 Å². The number of hydrogen-bond acceptors (Lipinski definition) is 3. The molecule has 0 saturated carbocycles. The number of aromatic amines is 1. The van der Waals surface area contributed by atoms with Crippen molar-refractivity contribution in [2.45, 2.75) is 0 Å². The predicted octanol–water partition coefficient (Wildman–Crippen LogP) is 5.68. The van der Waals surface area contributed by atoms with Crippen LogP contribution in [0, 0.1) is 17.1 Å². The second kappa shape index (κ2) is 6.51. The van der Waals surface area contributed by atoms with E-state index in [0.29, 0.717) is 28.5 Å². The van der Waals surface area contributed by atoms with Gasteiger partial charge in [-0.1, -0.05) is 23.7 Å². The van der Waals surface area contributed by atoms with Gasteiger partial charge in [-0.3, -0.25) is 0 Å². The first-order chi connectivity index (χ1) is 12.6. The van der Waals surface area contributed by atoms with Crippen LogP contribution in [0.15, 0.2) is 59.0 Å². The number of rotatable bonds is 3. The molecular formula is C20H11ClFN3O. The lowest BCUT2D eigenvalue weighted by Gasteiger charge is -1.99. The Hall–Kier alpha value is -3.36. The summed E-state index contributed by atoms with van der Waals surface area (Å²) in [6.07, 6.45) is 1.60. The van der Waals surface area contributed by atoms with Gasteiger partial charge in [0, 0.05) is 11.6 Å². The molecule has 6 heteroatoms. The SMILES string of the molecule is N#C/C(=C\c1ccc(-c2ccc(F)c(Cl)c2)o1)c1nc2ccccc2[nH]1. The lowest BCUT2D eigenvalue weighted by atomic mass is 10.2. The van der Waals surface area contributed by atoms with Crippen LogP contribution in [0.2, 0.25) is 5.02 Å². The molecule has 0 aliphatic carbocycles. The Balaban J connectivity index is 1.69. The monoisotopic (exact) mass is 363 g/mol. The fraction of sp³-hybridized carbons (Fsp3) is 0. The molecule has 4 nitrogen and oxygen atoms in total. The van der Waals surface area contributed by atoms with Crippen molar-refractivity contribution in [3.05, 3.63) is 77.0 Å². The number of imidazole rings is 1. The van der Waals surface area contributed by atoms with Crippen LogP contribution >= 0.6 is 11.6 Å². The molecule has 0 fully saturated rings. The van der Waals surface area contributed by atoms with E-state index in [1.54, 1.807) is 24.3 Å². The summed E-state index contributed by atoms with van der Waals surface area (Å²) < 4.78 is 19.0. The number of furan rings is 1. The first-order valence-corrected chi connectivity index (χ1v) is 8.14. The number of nitrogens with zero attached hydrogens (tertiary/aromatic N) is 2. The van der Waals surface area contributed by atoms with E-state index >= 15 is 0 Å². The zero-order valence-electron chi connectivity index (χ0n) is 13.3. The Kier molecular flexibility index (Phi) is 4.04. The van der Waals surface area contributed by atoms with Crippen molar-refractivity contribution in [2.24, 2.45) is 0 Å². The third kappa shape index (κ3) is 2.99. The van der Waals surface area contributed by atoms with Gasteiger partial charge in [0.2, 0.25) is 0 Å². The average Bonchev–Trinajstić information content (AvgIpc) is 3.28. The number of H-pyrrole nitrogens is 1. The summed E-state index contributed by atoms with van der Waals surface area (Å²) in [6, 6.07) is 17.5. The molecule has 126 valence electrons. The van der Waals surface area contributed by atoms with E-state index in [4.69, 9.17) is 16.0 Å². The largest absolute Gasteiger partial charge is 0.457 e. The predicted molar refractivity (Wildman–Crippen MR) is 98.7 cm³/mol. The summed E-state index contributed by atoms with van der Waals surface area (Å²) >= 11 is 5.81. The summed E-state index contributed by atoms with van der Waals surface area (Å²) in [5.74, 6) is 0.993. The third-order valence-electron chi connectivity index (χ3n) is 3.88. The van der Waals surface area contributed by atoms with Gasteiger partial charge < -0.3 is 9.40 Å². The number of allylic oxidation sites excluding steroid dienone is 1. The fourth-order valence-corrected chi connectivity index (χ4v) is 2.79. The molecule has 0 radical (unpaired) electrons. The quantitative estimate of drug-likeness (QED) is 0.476. The summed E-state index contributed by atoms with van der Waals surface area (Å²) in [4.78, 5) is 7.54. The van der Waals surface area contributed by atoms with Crippen molar-refractivity contribution in [1.29, 1.82) is 5.26 Å². The summed E-state index contributed by atoms with van der Waals surface area (Å²) in [5, 5.41) is 9.50. The molecule has 0 bridgehead atoms. The highest BCUT2D eigenvalue weighted by molar-refractivity contribution is 6.31. The van der Waals surface area contributed by atoms with Crippen molar-refractivity contribution in [1.82, 2.24) is 9.97 Å². The zero-order chi connectivity index (χ0) is 18.1. The highest BCUT2D eigenvalue weighted by Gasteiger charge is 2.11. The molecule has 0 aliphatic rings. The van der Waals surface area contributed by atoms with Gasteiger partial charge in [0.05, 0.1) is 21.6 Å². The highest BCUT2D eigenvalue weighted by atomic mass is 35.5. The van der Waals surface area contributed by atoms with Crippen molar-refractivity contribution in [2.75, 3.05) is 0 Å². The van der Waals surface area contributed by atoms with Gasteiger partial charge in [-0.25, -0.2) is 9.37 Å². The fourth-order valence-electron chi connectivity index (χ4n) is 2.61. The molecule has 2 aromatic heterocycles. The highest BCUT2D eigenvalue weighted by Crippen LogP contribution is 2.28. The lowest BCUT2D eigenvalue weighted by molar-refractivity contribution is 0.571. The summed E-state index contributed by atoms with van der Waals surface area (Å²) in [5.41, 5.74) is 2.63. The van der Waals surface area contributed by atoms with Gasteiger partial charge in [0.15, 0.2) is 0 Å². The van der Waals surface area contributed by atoms with Gasteiger partial charge >= 0.3 is 0 Å². The molecule has 0 atom stereocenters. The zero-order valence-corrected chi connectivity index (χ0v) is 14.1. The molecule has 0 unspecified atom stereocenters. The Morgan fingerprint density at radius 2 is 2.04 bits per heavy atom. The molecule has 4 aromatic rings. The molecule has 2 aromatic carbocycles. The van der Waals surface area contributed by atoms with E-state index in [0.717, 1.165) is 11.0 Å². The normalized spacial score (nSPS) is 11.7. The number of nitriles is 1. The van der Waals surface area contributed by atoms with Crippen LogP contribution < -0.4 is 0 Å². The van der Waals surface area contributed by atoms with E-state index in [-0.39, 0.29) is 5.02 Å². The van der Waals surface area contributed by atoms with Crippen LogP contribution in [0.5, 0.6) is 0 Å². The summed E-state index contributed by atoms with van der Waals surface area (Å²) in [7, 11) is 0. The Labute approximate surface area is 153 Å². The molecule has 0 aliphatic heterocycles. The molecule has 4 rings (SSSR count). The maximum Gasteiger partial charge on any atom is 0.149 e. The van der Waals surface area contributed by atoms with Gasteiger partial charge in [-0.15, -0.1) is 0 Å². The van der Waals surface area contributed by atoms with Crippen molar-refractivity contribution in [3.63, 3.8) is 0 Å². The van der Waals surface area contributed by atoms with E-state index in [9.17, 15) is 9.65 Å². The van der Waals surface area contributed by atoms with E-state index < -0.39 is 5.82 Å². The molecule has 26 heavy (non-hydrogen) atoms. The number of halogens is 2. The first kappa shape index (κ1) is 16.1. The Morgan fingerprint density at radius 3 is 2.81 bits per heavy atom. The second-order valence-electron chi connectivity index (χ2n) is 5.60. The smallest absolute Gasteiger partial charge is 0.149 e. The molecular weight excluding hydrogens is 353 g/mol. The van der Waals surface area contributed by atoms with Crippen LogP contribution in [0.4, 0.5) is 4.39 Å². The van der Waals surface area contributed by atoms with Crippen molar-refractivity contribution in [3.8, 4) is 17.4 Å². The molecule has 0 saturated heterocycles. The van der Waals surface area contributed by atoms with Gasteiger partial charge in [-0.05, 0) is 42.5 Å². The second-order valence-corrected chi connectivity index (χ2v) is 6.01. The Bertz CT molecular complexity index is 1150. The number of aromatic nitrogens is 2. The molecule has 0 amide bonds. The minimum Gasteiger partial charge on any atom is -0.457 e. The standard InChI is InChI=1S/C20H11ClFN3O/c21-15-10-12(5-7-16(15)22)19-8-6-14(26-19)9-13(11-23)20-24-17-3-1-2-4-18(17)25-20/h1-10H,(H,24,25)/b13-9+. The maximum absolute atomic E-state index is 13.3. The minimum atomic E-state index is -0.487.